The van der Waals surface area contributed by atoms with E-state index in [0.717, 1.165) is 37.7 Å². The van der Waals surface area contributed by atoms with Crippen molar-refractivity contribution in [1.29, 1.82) is 0 Å². The summed E-state index contributed by atoms with van der Waals surface area (Å²) in [6.07, 6.45) is -0.589. The van der Waals surface area contributed by atoms with Crippen LogP contribution in [0, 0.1) is 11.8 Å². The molecule has 4 rings (SSSR count). The maximum absolute atomic E-state index is 12.8. The number of pyridine rings is 1. The van der Waals surface area contributed by atoms with E-state index in [0.29, 0.717) is 12.5 Å². The summed E-state index contributed by atoms with van der Waals surface area (Å²) >= 11 is 0. The molecule has 9 nitrogen and oxygen atoms in total. The number of amides is 1. The lowest BCUT2D eigenvalue weighted by Gasteiger charge is -2.48. The van der Waals surface area contributed by atoms with Crippen LogP contribution in [-0.4, -0.2) is 82.1 Å². The van der Waals surface area contributed by atoms with Crippen LogP contribution in [0.3, 0.4) is 0 Å². The van der Waals surface area contributed by atoms with Crippen LogP contribution in [0.1, 0.15) is 32.1 Å². The molecule has 1 saturated carbocycles. The Balaban J connectivity index is 0.000000286. The number of nitrogens with one attached hydrogen (secondary N) is 1. The lowest BCUT2D eigenvalue weighted by molar-refractivity contribution is -0.193. The zero-order valence-corrected chi connectivity index (χ0v) is 19.5. The van der Waals surface area contributed by atoms with Crippen molar-refractivity contribution in [2.75, 3.05) is 25.0 Å². The number of likely N-dealkylation sites (tertiary alicyclic amines) is 1. The summed E-state index contributed by atoms with van der Waals surface area (Å²) < 4.78 is 69.4. The maximum atomic E-state index is 12.8. The van der Waals surface area contributed by atoms with E-state index in [2.05, 4.69) is 15.2 Å². The van der Waals surface area contributed by atoms with Gasteiger partial charge in [-0.1, -0.05) is 6.42 Å². The van der Waals surface area contributed by atoms with Crippen molar-refractivity contribution in [2.24, 2.45) is 11.8 Å². The molecule has 0 spiro atoms. The number of aromatic nitrogens is 1. The first-order valence-corrected chi connectivity index (χ1v) is 11.4. The number of halogens is 6. The number of aliphatic carboxylic acids is 2. The highest BCUT2D eigenvalue weighted by atomic mass is 19.4. The fraction of sp³-hybridized carbons (Fsp3) is 0.636. The maximum Gasteiger partial charge on any atom is 0.490 e. The van der Waals surface area contributed by atoms with Gasteiger partial charge in [0.05, 0.1) is 18.0 Å². The van der Waals surface area contributed by atoms with Gasteiger partial charge in [-0.3, -0.25) is 14.7 Å². The quantitative estimate of drug-likeness (QED) is 0.494. The van der Waals surface area contributed by atoms with E-state index < -0.39 is 24.3 Å². The number of fused-ring (bicyclic) bond motifs is 1. The summed E-state index contributed by atoms with van der Waals surface area (Å²) in [5, 5.41) is 17.3. The molecule has 3 N–H and O–H groups in total. The largest absolute Gasteiger partial charge is 0.490 e. The van der Waals surface area contributed by atoms with Crippen LogP contribution < -0.4 is 5.32 Å². The van der Waals surface area contributed by atoms with Crippen LogP contribution in [0.2, 0.25) is 0 Å². The predicted octanol–water partition coefficient (Wildman–Crippen LogP) is 3.57. The minimum atomic E-state index is -5.08. The molecule has 1 amide bonds. The number of carboxylic acids is 2. The molecular weight excluding hydrogens is 516 g/mol. The summed E-state index contributed by atoms with van der Waals surface area (Å²) in [5.41, 5.74) is 0.784. The number of hydrogen-bond acceptors (Lipinski definition) is 6. The minimum absolute atomic E-state index is 0.0526. The number of carboxylic acid groups (broad SMARTS) is 2. The standard InChI is InChI=1S/C18H25N3O2.2C2HF3O2/c22-18(20-13-3-2-8-19-11-13)15-7-10-23-17-6-9-21(12-16(15)17)14-4-1-5-14;2*3-2(4,5)1(6)7/h2-3,8,11,14-17H,1,4-7,9-10,12H2,(H,20,22);2*(H,6,7)/t15-,16+,17-;;/m1../s1. The molecule has 0 unspecified atom stereocenters. The van der Waals surface area contributed by atoms with Gasteiger partial charge in [0.1, 0.15) is 0 Å². The normalized spacial score (nSPS) is 24.1. The molecule has 0 aromatic carbocycles. The van der Waals surface area contributed by atoms with Crippen LogP contribution in [0.5, 0.6) is 0 Å². The summed E-state index contributed by atoms with van der Waals surface area (Å²) in [5.74, 6) is -5.00. The first-order valence-electron chi connectivity index (χ1n) is 11.4. The molecule has 208 valence electrons. The average molecular weight is 543 g/mol. The number of nitrogens with zero attached hydrogens (tertiary/aromatic N) is 2. The summed E-state index contributed by atoms with van der Waals surface area (Å²) in [6, 6.07) is 4.49. The number of hydrogen-bond donors (Lipinski definition) is 3. The van der Waals surface area contributed by atoms with E-state index in [1.165, 1.54) is 19.3 Å². The van der Waals surface area contributed by atoms with Crippen molar-refractivity contribution in [3.63, 3.8) is 0 Å². The second-order valence-corrected chi connectivity index (χ2v) is 8.67. The molecule has 1 aromatic rings. The second kappa shape index (κ2) is 13.0. The molecule has 15 heteroatoms. The molecule has 1 aliphatic carbocycles. The van der Waals surface area contributed by atoms with E-state index in [4.69, 9.17) is 24.5 Å². The number of rotatable bonds is 3. The summed E-state index contributed by atoms with van der Waals surface area (Å²) in [6.45, 7) is 2.85. The Hall–Kier alpha value is -2.94. The van der Waals surface area contributed by atoms with Gasteiger partial charge in [0.25, 0.3) is 0 Å². The van der Waals surface area contributed by atoms with Crippen molar-refractivity contribution >= 4 is 23.5 Å². The highest BCUT2D eigenvalue weighted by molar-refractivity contribution is 5.92. The highest BCUT2D eigenvalue weighted by Crippen LogP contribution is 2.37. The van der Waals surface area contributed by atoms with Crippen molar-refractivity contribution in [1.82, 2.24) is 9.88 Å². The molecule has 3 fully saturated rings. The van der Waals surface area contributed by atoms with Crippen molar-refractivity contribution < 1.29 is 55.7 Å². The van der Waals surface area contributed by atoms with Gasteiger partial charge in [0.2, 0.25) is 5.91 Å². The van der Waals surface area contributed by atoms with Crippen LogP contribution in [-0.2, 0) is 19.1 Å². The van der Waals surface area contributed by atoms with Gasteiger partial charge < -0.3 is 20.3 Å². The first-order chi connectivity index (χ1) is 17.2. The van der Waals surface area contributed by atoms with Crippen LogP contribution in [0.25, 0.3) is 0 Å². The summed E-state index contributed by atoms with van der Waals surface area (Å²) in [7, 11) is 0. The monoisotopic (exact) mass is 543 g/mol. The third-order valence-electron chi connectivity index (χ3n) is 6.24. The number of alkyl halides is 6. The van der Waals surface area contributed by atoms with Crippen LogP contribution in [0.15, 0.2) is 24.5 Å². The van der Waals surface area contributed by atoms with Crippen LogP contribution in [0.4, 0.5) is 32.0 Å². The molecule has 0 radical (unpaired) electrons. The van der Waals surface area contributed by atoms with Crippen LogP contribution >= 0.6 is 0 Å². The van der Waals surface area contributed by atoms with Gasteiger partial charge in [-0.15, -0.1) is 0 Å². The first kappa shape index (κ1) is 30.3. The number of anilines is 1. The molecule has 0 bridgehead atoms. The molecule has 3 heterocycles. The van der Waals surface area contributed by atoms with E-state index in [1.54, 1.807) is 12.4 Å². The lowest BCUT2D eigenvalue weighted by atomic mass is 9.77. The lowest BCUT2D eigenvalue weighted by Crippen LogP contribution is -2.55. The van der Waals surface area contributed by atoms with Gasteiger partial charge >= 0.3 is 24.3 Å². The van der Waals surface area contributed by atoms with Gasteiger partial charge in [-0.25, -0.2) is 9.59 Å². The third kappa shape index (κ3) is 9.46. The Morgan fingerprint density at radius 1 is 1.00 bits per heavy atom. The topological polar surface area (TPSA) is 129 Å². The highest BCUT2D eigenvalue weighted by Gasteiger charge is 2.43. The third-order valence-corrected chi connectivity index (χ3v) is 6.24. The van der Waals surface area contributed by atoms with Gasteiger partial charge in [0.15, 0.2) is 0 Å². The van der Waals surface area contributed by atoms with E-state index >= 15 is 0 Å². The van der Waals surface area contributed by atoms with E-state index in [9.17, 15) is 31.1 Å². The Kier molecular flexibility index (Phi) is 10.7. The SMILES string of the molecule is O=C(Nc1cccnc1)[C@@H]1CCO[C@@H]2CCN(C3CCC3)C[C@H]21.O=C(O)C(F)(F)F.O=C(O)C(F)(F)F. The van der Waals surface area contributed by atoms with Gasteiger partial charge in [0, 0.05) is 43.8 Å². The molecule has 37 heavy (non-hydrogen) atoms. The Morgan fingerprint density at radius 3 is 2.05 bits per heavy atom. The smallest absolute Gasteiger partial charge is 0.475 e. The number of piperidine rings is 1. The van der Waals surface area contributed by atoms with E-state index in [-0.39, 0.29) is 17.9 Å². The molecule has 2 saturated heterocycles. The molecular formula is C22H27F6N3O6. The summed E-state index contributed by atoms with van der Waals surface area (Å²) in [4.78, 5) is 37.2. The average Bonchev–Trinajstić information content (AvgIpc) is 2.77. The fourth-order valence-electron chi connectivity index (χ4n) is 4.22. The van der Waals surface area contributed by atoms with Gasteiger partial charge in [-0.05, 0) is 37.8 Å². The molecule has 3 atom stereocenters. The Morgan fingerprint density at radius 2 is 1.59 bits per heavy atom. The molecule has 1 aromatic heterocycles. The van der Waals surface area contributed by atoms with Gasteiger partial charge in [-0.2, -0.15) is 26.3 Å². The van der Waals surface area contributed by atoms with Crippen molar-refractivity contribution in [2.45, 2.75) is 56.6 Å². The second-order valence-electron chi connectivity index (χ2n) is 8.67. The zero-order chi connectivity index (χ0) is 27.8. The van der Waals surface area contributed by atoms with Crippen molar-refractivity contribution in [3.8, 4) is 0 Å². The molecule has 3 aliphatic rings. The Bertz CT molecular complexity index is 886. The molecule has 2 aliphatic heterocycles. The van der Waals surface area contributed by atoms with E-state index in [1.807, 2.05) is 12.1 Å². The number of carbonyl (C=O) groups excluding carboxylic acids is 1. The van der Waals surface area contributed by atoms with Crippen molar-refractivity contribution in [3.05, 3.63) is 24.5 Å². The predicted molar refractivity (Wildman–Crippen MR) is 115 cm³/mol. The minimum Gasteiger partial charge on any atom is -0.475 e. The zero-order valence-electron chi connectivity index (χ0n) is 19.5. The number of ether oxygens (including phenoxy) is 1. The fourth-order valence-corrected chi connectivity index (χ4v) is 4.22. The Labute approximate surface area is 207 Å². The number of carbonyl (C=O) groups is 3.